The fraction of sp³-hybridized carbons (Fsp3) is 0.125. The van der Waals surface area contributed by atoms with Crippen LogP contribution < -0.4 is 0 Å². The number of nitrogens with zero attached hydrogens (tertiary/aromatic N) is 1. The number of hydrogen-bond acceptors (Lipinski definition) is 2. The van der Waals surface area contributed by atoms with Gasteiger partial charge in [-0.15, -0.1) is 0 Å². The maximum Gasteiger partial charge on any atom is 0.450 e. The second-order valence-electron chi connectivity index (χ2n) is 2.62. The zero-order valence-electron chi connectivity index (χ0n) is 6.80. The molecule has 74 valence electrons. The first kappa shape index (κ1) is 8.86. The summed E-state index contributed by atoms with van der Waals surface area (Å²) in [6.07, 6.45) is -0.812. The van der Waals surface area contributed by atoms with E-state index in [4.69, 9.17) is 0 Å². The molecule has 1 N–H and O–H groups in total. The molecule has 0 aliphatic rings. The van der Waals surface area contributed by atoms with Gasteiger partial charge >= 0.3 is 6.18 Å². The zero-order valence-corrected chi connectivity index (χ0v) is 6.80. The molecule has 0 radical (unpaired) electrons. The van der Waals surface area contributed by atoms with Gasteiger partial charge in [-0.2, -0.15) is 13.2 Å². The molecule has 2 aromatic heterocycles. The Morgan fingerprint density at radius 2 is 2.14 bits per heavy atom. The summed E-state index contributed by atoms with van der Waals surface area (Å²) >= 11 is 0. The van der Waals surface area contributed by atoms with E-state index < -0.39 is 11.9 Å². The summed E-state index contributed by atoms with van der Waals surface area (Å²) in [5, 5.41) is 0. The Morgan fingerprint density at radius 1 is 1.36 bits per heavy atom. The highest BCUT2D eigenvalue weighted by Gasteiger charge is 2.38. The Morgan fingerprint density at radius 3 is 2.71 bits per heavy atom. The van der Waals surface area contributed by atoms with Gasteiger partial charge in [-0.1, -0.05) is 0 Å². The molecule has 3 nitrogen and oxygen atoms in total. The molecule has 0 spiro atoms. The van der Waals surface area contributed by atoms with Crippen LogP contribution >= 0.6 is 0 Å². The lowest BCUT2D eigenvalue weighted by Crippen LogP contribution is -2.04. The van der Waals surface area contributed by atoms with Crippen LogP contribution in [0.25, 0.3) is 11.3 Å². The largest absolute Gasteiger partial charge is 0.459 e. The van der Waals surface area contributed by atoms with E-state index in [1.807, 2.05) is 0 Å². The Bertz CT molecular complexity index is 416. The number of aromatic nitrogens is 2. The molecule has 0 fully saturated rings. The molecule has 0 atom stereocenters. The third-order valence-electron chi connectivity index (χ3n) is 1.70. The topological polar surface area (TPSA) is 41.8 Å². The van der Waals surface area contributed by atoms with Crippen LogP contribution in [-0.2, 0) is 6.18 Å². The van der Waals surface area contributed by atoms with Crippen LogP contribution in [0, 0.1) is 0 Å². The fourth-order valence-corrected chi connectivity index (χ4v) is 1.14. The molecular weight excluding hydrogens is 197 g/mol. The van der Waals surface area contributed by atoms with Gasteiger partial charge in [0.05, 0.1) is 23.8 Å². The summed E-state index contributed by atoms with van der Waals surface area (Å²) in [6, 6.07) is 1.24. The fourth-order valence-electron chi connectivity index (χ4n) is 1.14. The van der Waals surface area contributed by atoms with Crippen molar-refractivity contribution in [1.29, 1.82) is 0 Å². The van der Waals surface area contributed by atoms with Crippen LogP contribution in [0.3, 0.4) is 0 Å². The molecule has 0 bridgehead atoms. The Balaban J connectivity index is 2.51. The molecule has 0 aromatic carbocycles. The van der Waals surface area contributed by atoms with Crippen LogP contribution in [0.1, 0.15) is 5.76 Å². The van der Waals surface area contributed by atoms with Crippen LogP contribution in [0.5, 0.6) is 0 Å². The van der Waals surface area contributed by atoms with Crippen molar-refractivity contribution in [2.45, 2.75) is 6.18 Å². The van der Waals surface area contributed by atoms with Gasteiger partial charge < -0.3 is 9.40 Å². The molecule has 0 saturated heterocycles. The maximum absolute atomic E-state index is 12.3. The number of alkyl halides is 3. The molecule has 2 rings (SSSR count). The Hall–Kier alpha value is -1.72. The van der Waals surface area contributed by atoms with Gasteiger partial charge in [0.2, 0.25) is 5.76 Å². The highest BCUT2D eigenvalue weighted by molar-refractivity contribution is 5.60. The van der Waals surface area contributed by atoms with E-state index >= 15 is 0 Å². The summed E-state index contributed by atoms with van der Waals surface area (Å²) in [4.78, 5) is 6.29. The summed E-state index contributed by atoms with van der Waals surface area (Å²) < 4.78 is 41.4. The Labute approximate surface area is 76.6 Å². The third kappa shape index (κ3) is 1.39. The van der Waals surface area contributed by atoms with E-state index in [1.54, 1.807) is 0 Å². The van der Waals surface area contributed by atoms with E-state index in [-0.39, 0.29) is 11.3 Å². The molecule has 0 saturated carbocycles. The number of halogens is 3. The van der Waals surface area contributed by atoms with Crippen molar-refractivity contribution in [3.05, 3.63) is 30.6 Å². The van der Waals surface area contributed by atoms with Gasteiger partial charge in [0.25, 0.3) is 0 Å². The van der Waals surface area contributed by atoms with Gasteiger partial charge in [-0.05, 0) is 6.07 Å². The van der Waals surface area contributed by atoms with Crippen LogP contribution in [-0.4, -0.2) is 9.97 Å². The average molecular weight is 202 g/mol. The van der Waals surface area contributed by atoms with Crippen molar-refractivity contribution in [1.82, 2.24) is 9.97 Å². The van der Waals surface area contributed by atoms with Gasteiger partial charge in [0.15, 0.2) is 0 Å². The molecule has 0 amide bonds. The molecular formula is C8H5F3N2O. The minimum absolute atomic E-state index is 0.0567. The summed E-state index contributed by atoms with van der Waals surface area (Å²) in [5.41, 5.74) is 0.157. The average Bonchev–Trinajstić information content (AvgIpc) is 2.73. The van der Waals surface area contributed by atoms with Crippen LogP contribution in [0.4, 0.5) is 13.2 Å². The first-order chi connectivity index (χ1) is 6.59. The quantitative estimate of drug-likeness (QED) is 0.772. The van der Waals surface area contributed by atoms with Crippen molar-refractivity contribution < 1.29 is 17.6 Å². The Kier molecular flexibility index (Phi) is 1.83. The number of aromatic amines is 1. The summed E-state index contributed by atoms with van der Waals surface area (Å²) in [5.74, 6) is -1.02. The molecule has 0 unspecified atom stereocenters. The number of nitrogens with one attached hydrogen (secondary N) is 1. The van der Waals surface area contributed by atoms with Crippen molar-refractivity contribution >= 4 is 0 Å². The highest BCUT2D eigenvalue weighted by atomic mass is 19.4. The number of H-pyrrole nitrogens is 1. The standard InChI is InChI=1S/C8H5F3N2O/c9-8(10,11)7-5(1-2-14-7)6-3-12-4-13-6/h1-4H,(H,12,13). The number of imidazole rings is 1. The molecule has 2 heterocycles. The lowest BCUT2D eigenvalue weighted by Gasteiger charge is -2.03. The third-order valence-corrected chi connectivity index (χ3v) is 1.70. The SMILES string of the molecule is FC(F)(F)c1occc1-c1c[nH]cn1. The summed E-state index contributed by atoms with van der Waals surface area (Å²) in [6.45, 7) is 0. The van der Waals surface area contributed by atoms with Crippen molar-refractivity contribution in [2.75, 3.05) is 0 Å². The van der Waals surface area contributed by atoms with Gasteiger partial charge in [0, 0.05) is 6.20 Å². The van der Waals surface area contributed by atoms with E-state index in [0.717, 1.165) is 6.26 Å². The second-order valence-corrected chi connectivity index (χ2v) is 2.62. The molecule has 2 aromatic rings. The van der Waals surface area contributed by atoms with Crippen molar-refractivity contribution in [2.24, 2.45) is 0 Å². The minimum Gasteiger partial charge on any atom is -0.459 e. The number of furan rings is 1. The van der Waals surface area contributed by atoms with E-state index in [9.17, 15) is 13.2 Å². The van der Waals surface area contributed by atoms with Crippen LogP contribution in [0.15, 0.2) is 29.3 Å². The monoisotopic (exact) mass is 202 g/mol. The predicted molar refractivity (Wildman–Crippen MR) is 41.3 cm³/mol. The van der Waals surface area contributed by atoms with Crippen molar-refractivity contribution in [3.63, 3.8) is 0 Å². The second kappa shape index (κ2) is 2.90. The molecule has 0 aliphatic carbocycles. The lowest BCUT2D eigenvalue weighted by molar-refractivity contribution is -0.152. The van der Waals surface area contributed by atoms with E-state index in [2.05, 4.69) is 14.4 Å². The lowest BCUT2D eigenvalue weighted by atomic mass is 10.2. The van der Waals surface area contributed by atoms with Crippen LogP contribution in [0.2, 0.25) is 0 Å². The smallest absolute Gasteiger partial charge is 0.450 e. The van der Waals surface area contributed by atoms with E-state index in [1.165, 1.54) is 18.6 Å². The highest BCUT2D eigenvalue weighted by Crippen LogP contribution is 2.36. The van der Waals surface area contributed by atoms with Gasteiger partial charge in [-0.3, -0.25) is 0 Å². The zero-order chi connectivity index (χ0) is 10.2. The van der Waals surface area contributed by atoms with Gasteiger partial charge in [0.1, 0.15) is 0 Å². The van der Waals surface area contributed by atoms with Gasteiger partial charge in [-0.25, -0.2) is 4.98 Å². The maximum atomic E-state index is 12.3. The minimum atomic E-state index is -4.49. The van der Waals surface area contributed by atoms with E-state index in [0.29, 0.717) is 0 Å². The normalized spacial score (nSPS) is 11.9. The predicted octanol–water partition coefficient (Wildman–Crippen LogP) is 2.69. The molecule has 0 aliphatic heterocycles. The number of hydrogen-bond donors (Lipinski definition) is 1. The first-order valence-corrected chi connectivity index (χ1v) is 3.73. The van der Waals surface area contributed by atoms with Crippen molar-refractivity contribution in [3.8, 4) is 11.3 Å². The number of rotatable bonds is 1. The molecule has 6 heteroatoms. The first-order valence-electron chi connectivity index (χ1n) is 3.73. The summed E-state index contributed by atoms with van der Waals surface area (Å²) in [7, 11) is 0. The molecule has 14 heavy (non-hydrogen) atoms.